The molecule has 1 aromatic rings. The first-order chi connectivity index (χ1) is 11.3. The lowest BCUT2D eigenvalue weighted by molar-refractivity contribution is -0.137. The summed E-state index contributed by atoms with van der Waals surface area (Å²) in [5.41, 5.74) is -0.159. The first-order valence-corrected chi connectivity index (χ1v) is 8.52. The fourth-order valence-corrected chi connectivity index (χ4v) is 3.20. The van der Waals surface area contributed by atoms with Crippen molar-refractivity contribution in [3.8, 4) is 0 Å². The lowest BCUT2D eigenvalue weighted by Crippen LogP contribution is -2.43. The molecule has 0 bridgehead atoms. The number of halogens is 3. The number of carbonyl (C=O) groups excluding carboxylic acids is 1. The Morgan fingerprint density at radius 2 is 2.17 bits per heavy atom. The Hall–Kier alpha value is -1.56. The maximum atomic E-state index is 12.9. The molecule has 1 heterocycles. The van der Waals surface area contributed by atoms with Crippen LogP contribution in [0.25, 0.3) is 0 Å². The maximum absolute atomic E-state index is 12.9. The van der Waals surface area contributed by atoms with Gasteiger partial charge in [-0.25, -0.2) is 0 Å². The Kier molecular flexibility index (Phi) is 6.27. The zero-order valence-corrected chi connectivity index (χ0v) is 14.1. The number of alkyl halides is 3. The number of nitrogens with one attached hydrogen (secondary N) is 2. The van der Waals surface area contributed by atoms with E-state index in [0.29, 0.717) is 12.0 Å². The number of rotatable bonds is 5. The van der Waals surface area contributed by atoms with Gasteiger partial charge in [0.1, 0.15) is 0 Å². The molecule has 1 fully saturated rings. The summed E-state index contributed by atoms with van der Waals surface area (Å²) in [7, 11) is 0. The van der Waals surface area contributed by atoms with E-state index in [-0.39, 0.29) is 23.9 Å². The van der Waals surface area contributed by atoms with Crippen molar-refractivity contribution >= 4 is 5.91 Å². The van der Waals surface area contributed by atoms with E-state index in [1.807, 2.05) is 13.8 Å². The second-order valence-electron chi connectivity index (χ2n) is 6.55. The number of carbonyl (C=O) groups is 1. The maximum Gasteiger partial charge on any atom is 0.416 e. The zero-order chi connectivity index (χ0) is 17.7. The molecular formula is C18H25F3N2O. The summed E-state index contributed by atoms with van der Waals surface area (Å²) < 4.78 is 38.8. The second kappa shape index (κ2) is 8.01. The molecule has 6 heteroatoms. The summed E-state index contributed by atoms with van der Waals surface area (Å²) >= 11 is 0. The minimum atomic E-state index is -4.37. The fourth-order valence-electron chi connectivity index (χ4n) is 3.20. The average Bonchev–Trinajstić information content (AvgIpc) is 2.53. The molecule has 24 heavy (non-hydrogen) atoms. The van der Waals surface area contributed by atoms with E-state index in [1.165, 1.54) is 6.07 Å². The normalized spacial score (nSPS) is 22.9. The molecule has 0 spiro atoms. The Labute approximate surface area is 141 Å². The van der Waals surface area contributed by atoms with Crippen LogP contribution in [0.3, 0.4) is 0 Å². The smallest absolute Gasteiger partial charge is 0.349 e. The SMILES string of the molecule is CCCC(NC(=O)[C@H]1CCN[C@@H](C)C1)c1cccc(C(F)(F)F)c1. The summed E-state index contributed by atoms with van der Waals surface area (Å²) in [5.74, 6) is -0.134. The van der Waals surface area contributed by atoms with Gasteiger partial charge in [-0.05, 0) is 50.4 Å². The highest BCUT2D eigenvalue weighted by Crippen LogP contribution is 2.31. The van der Waals surface area contributed by atoms with Crippen molar-refractivity contribution in [2.45, 2.75) is 57.8 Å². The van der Waals surface area contributed by atoms with E-state index in [4.69, 9.17) is 0 Å². The largest absolute Gasteiger partial charge is 0.416 e. The number of piperidine rings is 1. The molecule has 2 rings (SSSR count). The minimum absolute atomic E-state index is 0.0563. The topological polar surface area (TPSA) is 41.1 Å². The van der Waals surface area contributed by atoms with Gasteiger partial charge in [0, 0.05) is 12.0 Å². The van der Waals surface area contributed by atoms with Crippen LogP contribution in [-0.4, -0.2) is 18.5 Å². The van der Waals surface area contributed by atoms with Gasteiger partial charge in [-0.1, -0.05) is 25.5 Å². The minimum Gasteiger partial charge on any atom is -0.349 e. The molecule has 1 unspecified atom stereocenters. The molecule has 1 saturated heterocycles. The molecule has 1 aliphatic rings. The van der Waals surface area contributed by atoms with Gasteiger partial charge < -0.3 is 10.6 Å². The molecule has 0 aliphatic carbocycles. The Balaban J connectivity index is 2.13. The Morgan fingerprint density at radius 3 is 2.79 bits per heavy atom. The van der Waals surface area contributed by atoms with E-state index in [0.717, 1.165) is 37.9 Å². The molecule has 1 amide bonds. The van der Waals surface area contributed by atoms with Crippen molar-refractivity contribution in [2.75, 3.05) is 6.54 Å². The first kappa shape index (κ1) is 18.8. The van der Waals surface area contributed by atoms with Gasteiger partial charge in [0.2, 0.25) is 5.91 Å². The summed E-state index contributed by atoms with van der Waals surface area (Å²) in [5, 5.41) is 6.27. The van der Waals surface area contributed by atoms with Crippen LogP contribution in [0.15, 0.2) is 24.3 Å². The fraction of sp³-hybridized carbons (Fsp3) is 0.611. The molecule has 2 N–H and O–H groups in total. The van der Waals surface area contributed by atoms with Crippen LogP contribution < -0.4 is 10.6 Å². The van der Waals surface area contributed by atoms with Crippen LogP contribution >= 0.6 is 0 Å². The van der Waals surface area contributed by atoms with Gasteiger partial charge in [-0.15, -0.1) is 0 Å². The highest BCUT2D eigenvalue weighted by Gasteiger charge is 2.31. The van der Waals surface area contributed by atoms with Crippen molar-refractivity contribution < 1.29 is 18.0 Å². The standard InChI is InChI=1S/C18H25F3N2O/c1-3-5-16(13-6-4-7-15(11-13)18(19,20)21)23-17(24)14-8-9-22-12(2)10-14/h4,6-7,11-12,14,16,22H,3,5,8-10H2,1-2H3,(H,23,24)/t12-,14-,16?/m0/s1. The molecule has 3 nitrogen and oxygen atoms in total. The van der Waals surface area contributed by atoms with E-state index < -0.39 is 11.7 Å². The summed E-state index contributed by atoms with van der Waals surface area (Å²) in [4.78, 5) is 12.5. The summed E-state index contributed by atoms with van der Waals surface area (Å²) in [6.45, 7) is 4.79. The van der Waals surface area contributed by atoms with Crippen LogP contribution in [-0.2, 0) is 11.0 Å². The lowest BCUT2D eigenvalue weighted by atomic mass is 9.91. The number of hydrogen-bond donors (Lipinski definition) is 2. The van der Waals surface area contributed by atoms with Crippen LogP contribution in [0.5, 0.6) is 0 Å². The molecule has 0 aromatic heterocycles. The molecule has 0 radical (unpaired) electrons. The molecule has 1 aliphatic heterocycles. The van der Waals surface area contributed by atoms with Crippen molar-refractivity contribution in [2.24, 2.45) is 5.92 Å². The van der Waals surface area contributed by atoms with Crippen molar-refractivity contribution in [3.63, 3.8) is 0 Å². The molecule has 0 saturated carbocycles. The van der Waals surface area contributed by atoms with Crippen LogP contribution in [0.4, 0.5) is 13.2 Å². The third-order valence-corrected chi connectivity index (χ3v) is 4.50. The number of benzene rings is 1. The van der Waals surface area contributed by atoms with Crippen molar-refractivity contribution in [1.29, 1.82) is 0 Å². The molecule has 1 aromatic carbocycles. The molecular weight excluding hydrogens is 317 g/mol. The van der Waals surface area contributed by atoms with Gasteiger partial charge >= 0.3 is 6.18 Å². The molecule has 3 atom stereocenters. The van der Waals surface area contributed by atoms with Crippen molar-refractivity contribution in [3.05, 3.63) is 35.4 Å². The lowest BCUT2D eigenvalue weighted by Gasteiger charge is -2.29. The van der Waals surface area contributed by atoms with Crippen LogP contribution in [0.1, 0.15) is 56.7 Å². The third kappa shape index (κ3) is 4.97. The first-order valence-electron chi connectivity index (χ1n) is 8.52. The monoisotopic (exact) mass is 342 g/mol. The predicted octanol–water partition coefficient (Wildman–Crippen LogP) is 4.05. The van der Waals surface area contributed by atoms with Gasteiger partial charge in [-0.2, -0.15) is 13.2 Å². The highest BCUT2D eigenvalue weighted by molar-refractivity contribution is 5.79. The van der Waals surface area contributed by atoms with E-state index in [9.17, 15) is 18.0 Å². The highest BCUT2D eigenvalue weighted by atomic mass is 19.4. The summed E-state index contributed by atoms with van der Waals surface area (Å²) in [6, 6.07) is 5.16. The van der Waals surface area contributed by atoms with Gasteiger partial charge in [0.05, 0.1) is 11.6 Å². The number of hydrogen-bond acceptors (Lipinski definition) is 2. The third-order valence-electron chi connectivity index (χ3n) is 4.50. The van der Waals surface area contributed by atoms with E-state index in [1.54, 1.807) is 6.07 Å². The Morgan fingerprint density at radius 1 is 1.42 bits per heavy atom. The second-order valence-corrected chi connectivity index (χ2v) is 6.55. The number of amides is 1. The molecule has 134 valence electrons. The average molecular weight is 342 g/mol. The van der Waals surface area contributed by atoms with Crippen molar-refractivity contribution in [1.82, 2.24) is 10.6 Å². The predicted molar refractivity (Wildman–Crippen MR) is 87.4 cm³/mol. The van der Waals surface area contributed by atoms with Gasteiger partial charge in [-0.3, -0.25) is 4.79 Å². The van der Waals surface area contributed by atoms with E-state index >= 15 is 0 Å². The zero-order valence-electron chi connectivity index (χ0n) is 14.1. The Bertz CT molecular complexity index is 559. The van der Waals surface area contributed by atoms with Crippen LogP contribution in [0.2, 0.25) is 0 Å². The van der Waals surface area contributed by atoms with Gasteiger partial charge in [0.15, 0.2) is 0 Å². The van der Waals surface area contributed by atoms with Crippen LogP contribution in [0, 0.1) is 5.92 Å². The van der Waals surface area contributed by atoms with Gasteiger partial charge in [0.25, 0.3) is 0 Å². The quantitative estimate of drug-likeness (QED) is 0.847. The summed E-state index contributed by atoms with van der Waals surface area (Å²) in [6.07, 6.45) is -1.45. The van der Waals surface area contributed by atoms with E-state index in [2.05, 4.69) is 10.6 Å².